The number of aromatic carboxylic acids is 1. The van der Waals surface area contributed by atoms with Gasteiger partial charge in [-0.05, 0) is 26.4 Å². The summed E-state index contributed by atoms with van der Waals surface area (Å²) >= 11 is 0. The lowest BCUT2D eigenvalue weighted by molar-refractivity contribution is 0.0677. The van der Waals surface area contributed by atoms with Crippen molar-refractivity contribution in [3.63, 3.8) is 0 Å². The standard InChI is InChI=1S/C11H17N3O3/c1-13-5-3-4-8(13)7-14-10(11(15)16)9(17-2)6-12-14/h6,8H,3-5,7H2,1-2H3,(H,15,16). The SMILES string of the molecule is COc1cnn(CC2CCCN2C)c1C(=O)O. The van der Waals surface area contributed by atoms with Crippen LogP contribution in [-0.4, -0.2) is 52.5 Å². The number of likely N-dealkylation sites (N-methyl/N-ethyl adjacent to an activating group) is 1. The van der Waals surface area contributed by atoms with E-state index in [0.29, 0.717) is 18.3 Å². The van der Waals surface area contributed by atoms with Crippen LogP contribution in [0.2, 0.25) is 0 Å². The molecule has 1 aromatic rings. The van der Waals surface area contributed by atoms with Gasteiger partial charge in [-0.25, -0.2) is 4.79 Å². The van der Waals surface area contributed by atoms with Gasteiger partial charge in [0.05, 0.1) is 19.9 Å². The second-order valence-corrected chi connectivity index (χ2v) is 4.33. The summed E-state index contributed by atoms with van der Waals surface area (Å²) in [5.74, 6) is -0.682. The van der Waals surface area contributed by atoms with Crippen LogP contribution < -0.4 is 4.74 Å². The molecule has 0 radical (unpaired) electrons. The maximum Gasteiger partial charge on any atom is 0.358 e. The highest BCUT2D eigenvalue weighted by Crippen LogP contribution is 2.21. The predicted octanol–water partition coefficient (Wildman–Crippen LogP) is 0.684. The Hall–Kier alpha value is -1.56. The quantitative estimate of drug-likeness (QED) is 0.837. The molecule has 1 aliphatic heterocycles. The number of carbonyl (C=O) groups is 1. The number of ether oxygens (including phenoxy) is 1. The Morgan fingerprint density at radius 3 is 3.00 bits per heavy atom. The molecule has 2 heterocycles. The first-order valence-electron chi connectivity index (χ1n) is 5.66. The van der Waals surface area contributed by atoms with Crippen LogP contribution in [-0.2, 0) is 6.54 Å². The van der Waals surface area contributed by atoms with Crippen LogP contribution in [0.25, 0.3) is 0 Å². The molecule has 6 heteroatoms. The fourth-order valence-electron chi connectivity index (χ4n) is 2.28. The first kappa shape index (κ1) is 11.9. The summed E-state index contributed by atoms with van der Waals surface area (Å²) in [6.07, 6.45) is 3.69. The van der Waals surface area contributed by atoms with Crippen molar-refractivity contribution in [2.45, 2.75) is 25.4 Å². The second-order valence-electron chi connectivity index (χ2n) is 4.33. The third-order valence-corrected chi connectivity index (χ3v) is 3.28. The molecule has 17 heavy (non-hydrogen) atoms. The minimum Gasteiger partial charge on any atom is -0.493 e. The lowest BCUT2D eigenvalue weighted by atomic mass is 10.2. The third kappa shape index (κ3) is 2.26. The van der Waals surface area contributed by atoms with Crippen LogP contribution in [0.15, 0.2) is 6.20 Å². The number of hydrogen-bond acceptors (Lipinski definition) is 4. The summed E-state index contributed by atoms with van der Waals surface area (Å²) in [5.41, 5.74) is 0.132. The Balaban J connectivity index is 2.20. The molecule has 0 aliphatic carbocycles. The van der Waals surface area contributed by atoms with E-state index in [-0.39, 0.29) is 5.69 Å². The third-order valence-electron chi connectivity index (χ3n) is 3.28. The van der Waals surface area contributed by atoms with E-state index in [1.165, 1.54) is 18.0 Å². The Bertz CT molecular complexity index is 416. The van der Waals surface area contributed by atoms with Crippen molar-refractivity contribution in [1.82, 2.24) is 14.7 Å². The smallest absolute Gasteiger partial charge is 0.358 e. The van der Waals surface area contributed by atoms with Crippen molar-refractivity contribution in [3.05, 3.63) is 11.9 Å². The van der Waals surface area contributed by atoms with E-state index in [9.17, 15) is 4.79 Å². The van der Waals surface area contributed by atoms with Crippen LogP contribution in [0.1, 0.15) is 23.3 Å². The van der Waals surface area contributed by atoms with Gasteiger partial charge in [0.1, 0.15) is 0 Å². The zero-order valence-corrected chi connectivity index (χ0v) is 10.1. The highest BCUT2D eigenvalue weighted by Gasteiger charge is 2.25. The molecule has 2 rings (SSSR count). The van der Waals surface area contributed by atoms with E-state index < -0.39 is 5.97 Å². The lowest BCUT2D eigenvalue weighted by Crippen LogP contribution is -2.30. The number of likely N-dealkylation sites (tertiary alicyclic amines) is 1. The molecule has 94 valence electrons. The van der Waals surface area contributed by atoms with Crippen LogP contribution in [0.3, 0.4) is 0 Å². The number of carboxylic acids is 1. The van der Waals surface area contributed by atoms with E-state index in [2.05, 4.69) is 17.0 Å². The Morgan fingerprint density at radius 1 is 1.71 bits per heavy atom. The molecule has 0 amide bonds. The fraction of sp³-hybridized carbons (Fsp3) is 0.636. The first-order valence-corrected chi connectivity index (χ1v) is 5.66. The summed E-state index contributed by atoms with van der Waals surface area (Å²) in [4.78, 5) is 13.4. The fourth-order valence-corrected chi connectivity index (χ4v) is 2.28. The Kier molecular flexibility index (Phi) is 3.33. The van der Waals surface area contributed by atoms with Crippen molar-refractivity contribution in [2.75, 3.05) is 20.7 Å². The summed E-state index contributed by atoms with van der Waals surface area (Å²) in [6, 6.07) is 0.359. The molecule has 1 saturated heterocycles. The summed E-state index contributed by atoms with van der Waals surface area (Å²) in [6.45, 7) is 1.66. The molecule has 1 fully saturated rings. The topological polar surface area (TPSA) is 67.6 Å². The van der Waals surface area contributed by atoms with Crippen molar-refractivity contribution < 1.29 is 14.6 Å². The van der Waals surface area contributed by atoms with Crippen LogP contribution in [0.4, 0.5) is 0 Å². The Morgan fingerprint density at radius 2 is 2.47 bits per heavy atom. The molecule has 1 aromatic heterocycles. The highest BCUT2D eigenvalue weighted by molar-refractivity contribution is 5.88. The number of rotatable bonds is 4. The predicted molar refractivity (Wildman–Crippen MR) is 61.4 cm³/mol. The van der Waals surface area contributed by atoms with E-state index in [0.717, 1.165) is 19.4 Å². The minimum absolute atomic E-state index is 0.132. The molecule has 0 saturated carbocycles. The van der Waals surface area contributed by atoms with Crippen LogP contribution >= 0.6 is 0 Å². The van der Waals surface area contributed by atoms with Gasteiger partial charge in [-0.3, -0.25) is 4.68 Å². The molecular formula is C11H17N3O3. The average Bonchev–Trinajstić information content (AvgIpc) is 2.86. The number of methoxy groups -OCH3 is 1. The molecule has 0 bridgehead atoms. The van der Waals surface area contributed by atoms with Crippen molar-refractivity contribution >= 4 is 5.97 Å². The van der Waals surface area contributed by atoms with Crippen molar-refractivity contribution in [2.24, 2.45) is 0 Å². The van der Waals surface area contributed by atoms with Gasteiger partial charge in [0.25, 0.3) is 0 Å². The largest absolute Gasteiger partial charge is 0.493 e. The summed E-state index contributed by atoms with van der Waals surface area (Å²) in [7, 11) is 3.51. The summed E-state index contributed by atoms with van der Waals surface area (Å²) < 4.78 is 6.52. The highest BCUT2D eigenvalue weighted by atomic mass is 16.5. The first-order chi connectivity index (χ1) is 8.13. The minimum atomic E-state index is -1.000. The van der Waals surface area contributed by atoms with Crippen molar-refractivity contribution in [3.8, 4) is 5.75 Å². The number of carboxylic acid groups (broad SMARTS) is 1. The monoisotopic (exact) mass is 239 g/mol. The van der Waals surface area contributed by atoms with E-state index >= 15 is 0 Å². The van der Waals surface area contributed by atoms with E-state index in [4.69, 9.17) is 9.84 Å². The summed E-state index contributed by atoms with van der Waals surface area (Å²) in [5, 5.41) is 13.2. The van der Waals surface area contributed by atoms with Gasteiger partial charge in [0, 0.05) is 6.04 Å². The van der Waals surface area contributed by atoms with Crippen LogP contribution in [0.5, 0.6) is 5.75 Å². The van der Waals surface area contributed by atoms with Gasteiger partial charge in [0.15, 0.2) is 11.4 Å². The molecule has 1 unspecified atom stereocenters. The second kappa shape index (κ2) is 4.75. The molecule has 1 aliphatic rings. The van der Waals surface area contributed by atoms with Gasteiger partial charge < -0.3 is 14.7 Å². The molecule has 0 spiro atoms. The van der Waals surface area contributed by atoms with Gasteiger partial charge in [-0.1, -0.05) is 0 Å². The zero-order valence-electron chi connectivity index (χ0n) is 10.1. The van der Waals surface area contributed by atoms with Gasteiger partial charge >= 0.3 is 5.97 Å². The average molecular weight is 239 g/mol. The number of nitrogens with zero attached hydrogens (tertiary/aromatic N) is 3. The Labute approximate surface area is 99.8 Å². The van der Waals surface area contributed by atoms with Crippen LogP contribution in [0, 0.1) is 0 Å². The number of hydrogen-bond donors (Lipinski definition) is 1. The van der Waals surface area contributed by atoms with E-state index in [1.54, 1.807) is 0 Å². The molecule has 1 atom stereocenters. The van der Waals surface area contributed by atoms with Gasteiger partial charge in [-0.2, -0.15) is 5.10 Å². The molecule has 0 aromatic carbocycles. The molecular weight excluding hydrogens is 222 g/mol. The van der Waals surface area contributed by atoms with Crippen molar-refractivity contribution in [1.29, 1.82) is 0 Å². The molecule has 1 N–H and O–H groups in total. The van der Waals surface area contributed by atoms with E-state index in [1.807, 2.05) is 0 Å². The zero-order chi connectivity index (χ0) is 12.4. The normalized spacial score (nSPS) is 20.7. The maximum absolute atomic E-state index is 11.2. The number of aromatic nitrogens is 2. The van der Waals surface area contributed by atoms with Gasteiger partial charge in [0.2, 0.25) is 0 Å². The lowest BCUT2D eigenvalue weighted by Gasteiger charge is -2.19. The molecule has 6 nitrogen and oxygen atoms in total. The maximum atomic E-state index is 11.2. The van der Waals surface area contributed by atoms with Gasteiger partial charge in [-0.15, -0.1) is 0 Å².